The molecule has 0 radical (unpaired) electrons. The molecule has 24 heavy (non-hydrogen) atoms. The molecule has 1 fully saturated rings. The van der Waals surface area contributed by atoms with Gasteiger partial charge < -0.3 is 10.2 Å². The maximum atomic E-state index is 12.5. The number of carbonyl (C=O) groups excluding carboxylic acids is 2. The van der Waals surface area contributed by atoms with E-state index in [1.54, 1.807) is 35.1 Å². The van der Waals surface area contributed by atoms with Crippen LogP contribution in [0.2, 0.25) is 0 Å². The normalized spacial score (nSPS) is 17.6. The van der Waals surface area contributed by atoms with Gasteiger partial charge in [-0.1, -0.05) is 6.07 Å². The second kappa shape index (κ2) is 6.82. The molecule has 3 rings (SSSR count). The summed E-state index contributed by atoms with van der Waals surface area (Å²) < 4.78 is 1.60. The SMILES string of the molecule is Cc1cccc(NC(=O)[C@H]2CCCN(C(=O)c3cnn(C)c3)C2)n1. The van der Waals surface area contributed by atoms with Crippen LogP contribution in [0.25, 0.3) is 0 Å². The van der Waals surface area contributed by atoms with Crippen LogP contribution in [-0.4, -0.2) is 44.6 Å². The van der Waals surface area contributed by atoms with Gasteiger partial charge in [-0.05, 0) is 31.9 Å². The van der Waals surface area contributed by atoms with Crippen molar-refractivity contribution in [3.8, 4) is 0 Å². The van der Waals surface area contributed by atoms with E-state index in [9.17, 15) is 9.59 Å². The van der Waals surface area contributed by atoms with Gasteiger partial charge in [0.05, 0.1) is 17.7 Å². The minimum Gasteiger partial charge on any atom is -0.338 e. The summed E-state index contributed by atoms with van der Waals surface area (Å²) in [5.41, 5.74) is 1.41. The molecule has 3 heterocycles. The van der Waals surface area contributed by atoms with Gasteiger partial charge in [-0.15, -0.1) is 0 Å². The van der Waals surface area contributed by atoms with Crippen molar-refractivity contribution in [2.45, 2.75) is 19.8 Å². The summed E-state index contributed by atoms with van der Waals surface area (Å²) in [5.74, 6) is 0.170. The molecule has 0 aliphatic carbocycles. The van der Waals surface area contributed by atoms with Gasteiger partial charge in [0.2, 0.25) is 5.91 Å². The van der Waals surface area contributed by atoms with E-state index in [1.165, 1.54) is 0 Å². The summed E-state index contributed by atoms with van der Waals surface area (Å²) in [6.45, 7) is 2.97. The number of rotatable bonds is 3. The molecule has 2 amide bonds. The number of likely N-dealkylation sites (tertiary alicyclic amines) is 1. The van der Waals surface area contributed by atoms with E-state index in [0.29, 0.717) is 24.5 Å². The van der Waals surface area contributed by atoms with Crippen LogP contribution in [0.5, 0.6) is 0 Å². The summed E-state index contributed by atoms with van der Waals surface area (Å²) in [6.07, 6.45) is 4.84. The molecule has 0 unspecified atom stereocenters. The number of carbonyl (C=O) groups is 2. The summed E-state index contributed by atoms with van der Waals surface area (Å²) >= 11 is 0. The molecule has 0 aromatic carbocycles. The molecule has 0 saturated carbocycles. The fourth-order valence-electron chi connectivity index (χ4n) is 2.93. The predicted octanol–water partition coefficient (Wildman–Crippen LogP) is 1.61. The number of hydrogen-bond acceptors (Lipinski definition) is 4. The lowest BCUT2D eigenvalue weighted by Crippen LogP contribution is -2.43. The highest BCUT2D eigenvalue weighted by Crippen LogP contribution is 2.20. The van der Waals surface area contributed by atoms with Crippen molar-refractivity contribution in [3.05, 3.63) is 41.9 Å². The quantitative estimate of drug-likeness (QED) is 0.929. The van der Waals surface area contributed by atoms with Crippen LogP contribution in [0.4, 0.5) is 5.82 Å². The molecule has 7 heteroatoms. The molecule has 1 atom stereocenters. The van der Waals surface area contributed by atoms with Crippen molar-refractivity contribution in [1.29, 1.82) is 0 Å². The first kappa shape index (κ1) is 16.2. The second-order valence-corrected chi connectivity index (χ2v) is 6.15. The van der Waals surface area contributed by atoms with Gasteiger partial charge in [0.25, 0.3) is 5.91 Å². The van der Waals surface area contributed by atoms with Crippen LogP contribution < -0.4 is 5.32 Å². The number of nitrogens with zero attached hydrogens (tertiary/aromatic N) is 4. The Morgan fingerprint density at radius 1 is 1.33 bits per heavy atom. The zero-order valence-corrected chi connectivity index (χ0v) is 13.9. The number of hydrogen-bond donors (Lipinski definition) is 1. The Kier molecular flexibility index (Phi) is 4.59. The van der Waals surface area contributed by atoms with Crippen molar-refractivity contribution in [3.63, 3.8) is 0 Å². The van der Waals surface area contributed by atoms with Gasteiger partial charge in [0, 0.05) is 32.0 Å². The lowest BCUT2D eigenvalue weighted by Gasteiger charge is -2.31. The first-order valence-electron chi connectivity index (χ1n) is 8.05. The molecule has 7 nitrogen and oxygen atoms in total. The first-order chi connectivity index (χ1) is 11.5. The Morgan fingerprint density at radius 2 is 2.17 bits per heavy atom. The summed E-state index contributed by atoms with van der Waals surface area (Å²) in [4.78, 5) is 31.0. The van der Waals surface area contributed by atoms with Gasteiger partial charge >= 0.3 is 0 Å². The van der Waals surface area contributed by atoms with Gasteiger partial charge in [0.15, 0.2) is 0 Å². The van der Waals surface area contributed by atoms with E-state index in [4.69, 9.17) is 0 Å². The minimum absolute atomic E-state index is 0.0747. The summed E-state index contributed by atoms with van der Waals surface area (Å²) in [6, 6.07) is 5.51. The molecular weight excluding hydrogens is 306 g/mol. The number of pyridine rings is 1. The lowest BCUT2D eigenvalue weighted by atomic mass is 9.96. The fraction of sp³-hybridized carbons (Fsp3) is 0.412. The number of amides is 2. The third-order valence-corrected chi connectivity index (χ3v) is 4.17. The Balaban J connectivity index is 1.64. The lowest BCUT2D eigenvalue weighted by molar-refractivity contribution is -0.121. The van der Waals surface area contributed by atoms with Crippen LogP contribution in [0.15, 0.2) is 30.6 Å². The molecule has 2 aromatic heterocycles. The Morgan fingerprint density at radius 3 is 2.88 bits per heavy atom. The summed E-state index contributed by atoms with van der Waals surface area (Å²) in [7, 11) is 1.78. The number of anilines is 1. The van der Waals surface area contributed by atoms with E-state index in [2.05, 4.69) is 15.4 Å². The number of aromatic nitrogens is 3. The third kappa shape index (κ3) is 3.61. The molecule has 126 valence electrons. The van der Waals surface area contributed by atoms with E-state index < -0.39 is 0 Å². The minimum atomic E-state index is -0.221. The van der Waals surface area contributed by atoms with Gasteiger partial charge in [-0.2, -0.15) is 5.10 Å². The topological polar surface area (TPSA) is 80.1 Å². The smallest absolute Gasteiger partial charge is 0.257 e. The van der Waals surface area contributed by atoms with Crippen molar-refractivity contribution >= 4 is 17.6 Å². The predicted molar refractivity (Wildman–Crippen MR) is 89.4 cm³/mol. The van der Waals surface area contributed by atoms with Crippen LogP contribution in [0, 0.1) is 12.8 Å². The standard InChI is InChI=1S/C17H21N5O2/c1-12-5-3-7-15(19-12)20-16(23)13-6-4-8-22(11-13)17(24)14-9-18-21(2)10-14/h3,5,7,9-10,13H,4,6,8,11H2,1-2H3,(H,19,20,23)/t13-/m0/s1. The van der Waals surface area contributed by atoms with Gasteiger partial charge in [-0.3, -0.25) is 14.3 Å². The molecule has 0 bridgehead atoms. The largest absolute Gasteiger partial charge is 0.338 e. The summed E-state index contributed by atoms with van der Waals surface area (Å²) in [5, 5.41) is 6.88. The van der Waals surface area contributed by atoms with Crippen LogP contribution >= 0.6 is 0 Å². The Hall–Kier alpha value is -2.70. The van der Waals surface area contributed by atoms with Crippen molar-refractivity contribution in [2.24, 2.45) is 13.0 Å². The number of nitrogens with one attached hydrogen (secondary N) is 1. The van der Waals surface area contributed by atoms with Crippen molar-refractivity contribution in [1.82, 2.24) is 19.7 Å². The molecule has 1 saturated heterocycles. The molecule has 0 spiro atoms. The second-order valence-electron chi connectivity index (χ2n) is 6.15. The molecule has 1 N–H and O–H groups in total. The third-order valence-electron chi connectivity index (χ3n) is 4.17. The maximum Gasteiger partial charge on any atom is 0.257 e. The monoisotopic (exact) mass is 327 g/mol. The number of piperidine rings is 1. The Bertz CT molecular complexity index is 755. The fourth-order valence-corrected chi connectivity index (χ4v) is 2.93. The highest BCUT2D eigenvalue weighted by molar-refractivity contribution is 5.95. The molecule has 2 aromatic rings. The Labute approximate surface area is 140 Å². The van der Waals surface area contributed by atoms with Gasteiger partial charge in [0.1, 0.15) is 5.82 Å². The highest BCUT2D eigenvalue weighted by Gasteiger charge is 2.29. The van der Waals surface area contributed by atoms with E-state index in [1.807, 2.05) is 19.1 Å². The average molecular weight is 327 g/mol. The van der Waals surface area contributed by atoms with Gasteiger partial charge in [-0.25, -0.2) is 4.98 Å². The molecular formula is C17H21N5O2. The zero-order valence-electron chi connectivity index (χ0n) is 13.9. The first-order valence-corrected chi connectivity index (χ1v) is 8.05. The molecule has 1 aliphatic rings. The zero-order chi connectivity index (χ0) is 17.1. The number of aryl methyl sites for hydroxylation is 2. The van der Waals surface area contributed by atoms with Crippen LogP contribution in [-0.2, 0) is 11.8 Å². The highest BCUT2D eigenvalue weighted by atomic mass is 16.2. The van der Waals surface area contributed by atoms with Crippen LogP contribution in [0.3, 0.4) is 0 Å². The van der Waals surface area contributed by atoms with E-state index >= 15 is 0 Å². The van der Waals surface area contributed by atoms with Crippen molar-refractivity contribution < 1.29 is 9.59 Å². The van der Waals surface area contributed by atoms with E-state index in [0.717, 1.165) is 18.5 Å². The van der Waals surface area contributed by atoms with Crippen molar-refractivity contribution in [2.75, 3.05) is 18.4 Å². The maximum absolute atomic E-state index is 12.5. The average Bonchev–Trinajstić information content (AvgIpc) is 3.01. The van der Waals surface area contributed by atoms with Crippen LogP contribution in [0.1, 0.15) is 28.9 Å². The van der Waals surface area contributed by atoms with E-state index in [-0.39, 0.29) is 17.7 Å². The molecule has 1 aliphatic heterocycles.